The second kappa shape index (κ2) is 20.2. The minimum Gasteiger partial charge on any atom is -0.493 e. The molecule has 364 valence electrons. The van der Waals surface area contributed by atoms with Crippen molar-refractivity contribution in [1.29, 1.82) is 0 Å². The fourth-order valence-electron chi connectivity index (χ4n) is 9.41. The van der Waals surface area contributed by atoms with Crippen molar-refractivity contribution in [3.8, 4) is 5.75 Å². The fourth-order valence-corrected chi connectivity index (χ4v) is 11.0. The SMILES string of the molecule is Cc1ccc([C@@H]2[C@@H](c3cccc(Cl)c3)O[C@H](CC(=O)NCCCOc3c(C)cc(N=Nc4cccc5c4CN(C4CCC(=O)NC4=O)C5=O)cc3C)C(=O)N2[C@H](CS(=O)(=O)C(C)(C)C)C2CC2)cc1. The summed E-state index contributed by atoms with van der Waals surface area (Å²) in [6.45, 7) is 11.5. The van der Waals surface area contributed by atoms with Crippen molar-refractivity contribution in [3.63, 3.8) is 0 Å². The van der Waals surface area contributed by atoms with Crippen LogP contribution in [-0.2, 0) is 40.3 Å². The summed E-state index contributed by atoms with van der Waals surface area (Å²) in [5, 5.41) is 14.7. The predicted octanol–water partition coefficient (Wildman–Crippen LogP) is 8.42. The second-order valence-electron chi connectivity index (χ2n) is 19.6. The highest BCUT2D eigenvalue weighted by molar-refractivity contribution is 7.92. The normalized spacial score (nSPS) is 21.4. The molecule has 1 aliphatic carbocycles. The Labute approximate surface area is 408 Å². The molecule has 15 nitrogen and oxygen atoms in total. The van der Waals surface area contributed by atoms with Gasteiger partial charge in [-0.15, -0.1) is 0 Å². The Bertz CT molecular complexity index is 2780. The van der Waals surface area contributed by atoms with Gasteiger partial charge in [0, 0.05) is 41.7 Å². The highest BCUT2D eigenvalue weighted by atomic mass is 35.5. The van der Waals surface area contributed by atoms with E-state index in [1.165, 1.54) is 4.90 Å². The van der Waals surface area contributed by atoms with E-state index in [0.29, 0.717) is 45.3 Å². The van der Waals surface area contributed by atoms with E-state index in [-0.39, 0.29) is 62.4 Å². The van der Waals surface area contributed by atoms with Crippen LogP contribution < -0.4 is 15.4 Å². The van der Waals surface area contributed by atoms with E-state index in [0.717, 1.165) is 35.1 Å². The molecule has 1 unspecified atom stereocenters. The first-order valence-electron chi connectivity index (χ1n) is 23.5. The maximum Gasteiger partial charge on any atom is 0.255 e. The molecule has 2 N–H and O–H groups in total. The number of nitrogens with one attached hydrogen (secondary N) is 2. The molecule has 0 bridgehead atoms. The molecule has 3 aliphatic heterocycles. The maximum absolute atomic E-state index is 14.9. The molecule has 4 aromatic rings. The number of halogens is 1. The summed E-state index contributed by atoms with van der Waals surface area (Å²) >= 11 is 6.53. The average molecular weight is 980 g/mol. The first kappa shape index (κ1) is 49.5. The zero-order valence-electron chi connectivity index (χ0n) is 39.8. The van der Waals surface area contributed by atoms with Gasteiger partial charge in [0.15, 0.2) is 9.84 Å². The molecule has 4 aromatic carbocycles. The van der Waals surface area contributed by atoms with Gasteiger partial charge in [-0.1, -0.05) is 59.6 Å². The van der Waals surface area contributed by atoms with Crippen molar-refractivity contribution in [2.75, 3.05) is 18.9 Å². The van der Waals surface area contributed by atoms with Crippen LogP contribution in [0.2, 0.25) is 5.02 Å². The number of carbonyl (C=O) groups is 5. The molecule has 3 heterocycles. The van der Waals surface area contributed by atoms with Crippen molar-refractivity contribution in [2.24, 2.45) is 16.1 Å². The lowest BCUT2D eigenvalue weighted by Crippen LogP contribution is -2.58. The van der Waals surface area contributed by atoms with Gasteiger partial charge in [0.25, 0.3) is 11.8 Å². The number of ether oxygens (including phenoxy) is 2. The van der Waals surface area contributed by atoms with Crippen LogP contribution in [0.1, 0.15) is 115 Å². The molecule has 8 rings (SSSR count). The van der Waals surface area contributed by atoms with E-state index >= 15 is 0 Å². The number of azo groups is 1. The number of aryl methyl sites for hydroxylation is 3. The van der Waals surface area contributed by atoms with Gasteiger partial charge in [-0.05, 0) is 132 Å². The summed E-state index contributed by atoms with van der Waals surface area (Å²) < 4.78 is 39.6. The van der Waals surface area contributed by atoms with Gasteiger partial charge in [0.05, 0.1) is 40.9 Å². The Kier molecular flexibility index (Phi) is 14.5. The molecular weight excluding hydrogens is 920 g/mol. The average Bonchev–Trinajstić information content (AvgIpc) is 4.08. The van der Waals surface area contributed by atoms with Crippen LogP contribution in [0.15, 0.2) is 89.1 Å². The number of sulfone groups is 1. The monoisotopic (exact) mass is 978 g/mol. The molecule has 5 amide bonds. The summed E-state index contributed by atoms with van der Waals surface area (Å²) in [7, 11) is -3.67. The third kappa shape index (κ3) is 10.9. The lowest BCUT2D eigenvalue weighted by molar-refractivity contribution is -0.181. The Morgan fingerprint density at radius 1 is 0.928 bits per heavy atom. The zero-order valence-corrected chi connectivity index (χ0v) is 41.4. The number of rotatable bonds is 16. The second-order valence-corrected chi connectivity index (χ2v) is 22.8. The van der Waals surface area contributed by atoms with Gasteiger partial charge in [-0.2, -0.15) is 10.2 Å². The number of hydrogen-bond donors (Lipinski definition) is 2. The molecule has 69 heavy (non-hydrogen) atoms. The molecule has 1 saturated carbocycles. The van der Waals surface area contributed by atoms with Crippen LogP contribution in [0.4, 0.5) is 11.4 Å². The van der Waals surface area contributed by atoms with Gasteiger partial charge >= 0.3 is 0 Å². The third-order valence-electron chi connectivity index (χ3n) is 13.4. The van der Waals surface area contributed by atoms with E-state index in [2.05, 4.69) is 20.9 Å². The van der Waals surface area contributed by atoms with E-state index in [1.54, 1.807) is 56.0 Å². The minimum absolute atomic E-state index is 0.0238. The number of imide groups is 1. The third-order valence-corrected chi connectivity index (χ3v) is 16.3. The number of fused-ring (bicyclic) bond motifs is 1. The lowest BCUT2D eigenvalue weighted by Gasteiger charge is -2.48. The summed E-state index contributed by atoms with van der Waals surface area (Å²) in [5.41, 5.74) is 6.36. The summed E-state index contributed by atoms with van der Waals surface area (Å²) in [6, 6.07) is 21.9. The quantitative estimate of drug-likeness (QED) is 0.0630. The van der Waals surface area contributed by atoms with Gasteiger partial charge in [0.2, 0.25) is 17.7 Å². The summed E-state index contributed by atoms with van der Waals surface area (Å²) in [6.07, 6.45) is 0.244. The van der Waals surface area contributed by atoms with Gasteiger partial charge < -0.3 is 24.6 Å². The van der Waals surface area contributed by atoms with Crippen molar-refractivity contribution in [1.82, 2.24) is 20.4 Å². The van der Waals surface area contributed by atoms with E-state index < -0.39 is 62.6 Å². The van der Waals surface area contributed by atoms with Gasteiger partial charge in [0.1, 0.15) is 24.0 Å². The topological polar surface area (TPSA) is 193 Å². The summed E-state index contributed by atoms with van der Waals surface area (Å²) in [4.78, 5) is 69.3. The van der Waals surface area contributed by atoms with Crippen LogP contribution in [0.3, 0.4) is 0 Å². The number of piperidine rings is 1. The fraction of sp³-hybridized carbons (Fsp3) is 0.442. The Morgan fingerprint density at radius 3 is 2.30 bits per heavy atom. The van der Waals surface area contributed by atoms with E-state index in [1.807, 2.05) is 69.3 Å². The van der Waals surface area contributed by atoms with Crippen molar-refractivity contribution >= 4 is 62.3 Å². The number of morpholine rings is 1. The van der Waals surface area contributed by atoms with Gasteiger partial charge in [-0.3, -0.25) is 29.3 Å². The largest absolute Gasteiger partial charge is 0.493 e. The molecule has 0 radical (unpaired) electrons. The standard InChI is InChI=1S/C52H59ClN6O9S/c1-30-14-16-34(17-15-30)46-48(35-10-7-11-36(53)26-35)68-43(51(64)59(46)42(33-18-19-33)29-69(65,66)52(4,5)6)27-45(61)54-22-9-23-67-47-31(2)24-37(25-32(47)3)56-57-40-13-8-12-38-39(40)28-58(50(38)63)41-20-21-44(60)55-49(41)62/h7-8,10-17,24-26,33,41-43,46,48H,9,18-23,27-29H2,1-6H3,(H,54,61)(H,55,60,62)/t41?,42-,43-,46-,48-/m1/s1. The molecule has 0 aromatic heterocycles. The molecule has 2 saturated heterocycles. The first-order chi connectivity index (χ1) is 32.8. The van der Waals surface area contributed by atoms with E-state index in [9.17, 15) is 32.4 Å². The molecule has 17 heteroatoms. The minimum atomic E-state index is -3.67. The van der Waals surface area contributed by atoms with Crippen LogP contribution in [0.5, 0.6) is 5.75 Å². The molecule has 3 fully saturated rings. The maximum atomic E-state index is 14.9. The van der Waals surface area contributed by atoms with Gasteiger partial charge in [-0.25, -0.2) is 8.42 Å². The van der Waals surface area contributed by atoms with Crippen molar-refractivity contribution in [2.45, 2.75) is 122 Å². The lowest BCUT2D eigenvalue weighted by atomic mass is 9.89. The molecule has 5 atom stereocenters. The number of nitrogens with zero attached hydrogens (tertiary/aromatic N) is 4. The Hall–Kier alpha value is -5.97. The number of amides is 5. The first-order valence-corrected chi connectivity index (χ1v) is 25.5. The van der Waals surface area contributed by atoms with Crippen molar-refractivity contribution in [3.05, 3.63) is 123 Å². The molecule has 4 aliphatic rings. The molecule has 0 spiro atoms. The Morgan fingerprint density at radius 2 is 1.64 bits per heavy atom. The van der Waals surface area contributed by atoms with Crippen LogP contribution in [-0.4, -0.2) is 89.6 Å². The van der Waals surface area contributed by atoms with Crippen LogP contribution >= 0.6 is 11.6 Å². The van der Waals surface area contributed by atoms with Crippen LogP contribution in [0.25, 0.3) is 0 Å². The van der Waals surface area contributed by atoms with Crippen LogP contribution in [0, 0.1) is 26.7 Å². The Balaban J connectivity index is 0.917. The number of benzene rings is 4. The van der Waals surface area contributed by atoms with Crippen molar-refractivity contribution < 1.29 is 41.9 Å². The summed E-state index contributed by atoms with van der Waals surface area (Å²) in [5.74, 6) is -1.50. The smallest absolute Gasteiger partial charge is 0.255 e. The predicted molar refractivity (Wildman–Crippen MR) is 260 cm³/mol. The zero-order chi connectivity index (χ0) is 49.4. The highest BCUT2D eigenvalue weighted by Crippen LogP contribution is 2.49. The number of carbonyl (C=O) groups excluding carboxylic acids is 5. The highest BCUT2D eigenvalue weighted by Gasteiger charge is 2.52. The molecular formula is C52H59ClN6O9S. The van der Waals surface area contributed by atoms with E-state index in [4.69, 9.17) is 21.1 Å². The number of hydrogen-bond acceptors (Lipinski definition) is 11.